The normalized spacial score (nSPS) is 17.4. The minimum atomic E-state index is -0.917. The number of nitrogens with zero attached hydrogens (tertiary/aromatic N) is 1. The number of benzene rings is 1. The summed E-state index contributed by atoms with van der Waals surface area (Å²) in [5.41, 5.74) is -0.0978. The number of ether oxygens (including phenoxy) is 2. The van der Waals surface area contributed by atoms with Gasteiger partial charge in [0, 0.05) is 18.6 Å². The van der Waals surface area contributed by atoms with Crippen molar-refractivity contribution in [2.24, 2.45) is 0 Å². The highest BCUT2D eigenvalue weighted by Gasteiger charge is 2.22. The molecule has 1 atom stereocenters. The Morgan fingerprint density at radius 2 is 2.10 bits per heavy atom. The van der Waals surface area contributed by atoms with Gasteiger partial charge < -0.3 is 14.8 Å². The average Bonchev–Trinajstić information content (AvgIpc) is 2.83. The zero-order valence-corrected chi connectivity index (χ0v) is 10.4. The maximum absolute atomic E-state index is 11.4. The molecule has 8 nitrogen and oxygen atoms in total. The predicted octanol–water partition coefficient (Wildman–Crippen LogP) is 1.39. The summed E-state index contributed by atoms with van der Waals surface area (Å²) in [5, 5.41) is 13.1. The van der Waals surface area contributed by atoms with Gasteiger partial charge >= 0.3 is 6.16 Å². The Kier molecular flexibility index (Phi) is 4.14. The first kappa shape index (κ1) is 13.8. The van der Waals surface area contributed by atoms with E-state index < -0.39 is 11.1 Å². The first-order chi connectivity index (χ1) is 9.54. The topological polar surface area (TPSA) is 108 Å². The SMILES string of the molecule is O=C1CC[C@@H](COC(=O)Oc2ccc([N+](=O)[O-])cc2)N1. The van der Waals surface area contributed by atoms with E-state index in [2.05, 4.69) is 5.32 Å². The molecule has 1 aliphatic heterocycles. The van der Waals surface area contributed by atoms with Crippen LogP contribution in [0.3, 0.4) is 0 Å². The molecule has 0 spiro atoms. The van der Waals surface area contributed by atoms with Gasteiger partial charge in [0.15, 0.2) is 0 Å². The van der Waals surface area contributed by atoms with E-state index in [1.165, 1.54) is 24.3 Å². The van der Waals surface area contributed by atoms with Crippen LogP contribution in [0.1, 0.15) is 12.8 Å². The summed E-state index contributed by atoms with van der Waals surface area (Å²) >= 11 is 0. The van der Waals surface area contributed by atoms with Gasteiger partial charge in [-0.1, -0.05) is 0 Å². The van der Waals surface area contributed by atoms with Gasteiger partial charge in [-0.2, -0.15) is 0 Å². The van der Waals surface area contributed by atoms with E-state index in [9.17, 15) is 19.7 Å². The summed E-state index contributed by atoms with van der Waals surface area (Å²) in [6.45, 7) is 0.0392. The lowest BCUT2D eigenvalue weighted by atomic mass is 10.2. The fourth-order valence-electron chi connectivity index (χ4n) is 1.73. The molecule has 0 saturated carbocycles. The fourth-order valence-corrected chi connectivity index (χ4v) is 1.73. The second kappa shape index (κ2) is 6.00. The Labute approximate surface area is 113 Å². The Hall–Kier alpha value is -2.64. The number of hydrogen-bond acceptors (Lipinski definition) is 6. The molecule has 1 heterocycles. The molecular weight excluding hydrogens is 268 g/mol. The first-order valence-electron chi connectivity index (χ1n) is 5.93. The molecule has 0 aliphatic carbocycles. The number of nitrogens with one attached hydrogen (secondary N) is 1. The second-order valence-corrected chi connectivity index (χ2v) is 4.22. The van der Waals surface area contributed by atoms with E-state index in [1.54, 1.807) is 0 Å². The van der Waals surface area contributed by atoms with Crippen LogP contribution in [0.4, 0.5) is 10.5 Å². The van der Waals surface area contributed by atoms with Crippen LogP contribution >= 0.6 is 0 Å². The molecule has 0 unspecified atom stereocenters. The molecular formula is C12H12N2O6. The van der Waals surface area contributed by atoms with Gasteiger partial charge in [-0.05, 0) is 18.6 Å². The zero-order chi connectivity index (χ0) is 14.5. The number of nitro benzene ring substituents is 1. The van der Waals surface area contributed by atoms with Gasteiger partial charge in [-0.3, -0.25) is 14.9 Å². The van der Waals surface area contributed by atoms with Crippen LogP contribution in [0.2, 0.25) is 0 Å². The van der Waals surface area contributed by atoms with E-state index in [-0.39, 0.29) is 30.0 Å². The quantitative estimate of drug-likeness (QED) is 0.386. The van der Waals surface area contributed by atoms with Crippen LogP contribution in [0.15, 0.2) is 24.3 Å². The van der Waals surface area contributed by atoms with Gasteiger partial charge in [0.2, 0.25) is 5.91 Å². The molecule has 20 heavy (non-hydrogen) atoms. The van der Waals surface area contributed by atoms with Gasteiger partial charge in [-0.15, -0.1) is 0 Å². The molecule has 0 aromatic heterocycles. The number of nitro groups is 1. The molecule has 1 aromatic carbocycles. The molecule has 1 aromatic rings. The number of non-ortho nitro benzene ring substituents is 1. The number of carbonyl (C=O) groups excluding carboxylic acids is 2. The molecule has 1 N–H and O–H groups in total. The lowest BCUT2D eigenvalue weighted by molar-refractivity contribution is -0.384. The first-order valence-corrected chi connectivity index (χ1v) is 5.93. The largest absolute Gasteiger partial charge is 0.513 e. The Morgan fingerprint density at radius 1 is 1.40 bits per heavy atom. The summed E-state index contributed by atoms with van der Waals surface area (Å²) in [5.74, 6) is 0.0818. The second-order valence-electron chi connectivity index (χ2n) is 4.22. The molecule has 1 amide bonds. The average molecular weight is 280 g/mol. The lowest BCUT2D eigenvalue weighted by Crippen LogP contribution is -2.31. The molecule has 1 saturated heterocycles. The van der Waals surface area contributed by atoms with E-state index in [1.807, 2.05) is 0 Å². The number of rotatable bonds is 4. The Balaban J connectivity index is 1.79. The van der Waals surface area contributed by atoms with Crippen LogP contribution < -0.4 is 10.1 Å². The smallest absolute Gasteiger partial charge is 0.432 e. The summed E-state index contributed by atoms with van der Waals surface area (Å²) in [7, 11) is 0. The highest BCUT2D eigenvalue weighted by molar-refractivity contribution is 5.78. The van der Waals surface area contributed by atoms with Crippen molar-refractivity contribution >= 4 is 17.7 Å². The Morgan fingerprint density at radius 3 is 2.65 bits per heavy atom. The number of hydrogen-bond donors (Lipinski definition) is 1. The highest BCUT2D eigenvalue weighted by Crippen LogP contribution is 2.17. The van der Waals surface area contributed by atoms with Crippen LogP contribution in [0.25, 0.3) is 0 Å². The van der Waals surface area contributed by atoms with E-state index >= 15 is 0 Å². The van der Waals surface area contributed by atoms with Crippen LogP contribution in [0, 0.1) is 10.1 Å². The van der Waals surface area contributed by atoms with Crippen molar-refractivity contribution in [3.8, 4) is 5.75 Å². The maximum Gasteiger partial charge on any atom is 0.513 e. The zero-order valence-electron chi connectivity index (χ0n) is 10.4. The van der Waals surface area contributed by atoms with Crippen molar-refractivity contribution < 1.29 is 24.0 Å². The number of carbonyl (C=O) groups is 2. The third-order valence-corrected chi connectivity index (χ3v) is 2.74. The van der Waals surface area contributed by atoms with Crippen molar-refractivity contribution in [3.05, 3.63) is 34.4 Å². The standard InChI is InChI=1S/C12H12N2O6/c15-11-6-1-8(13-11)7-19-12(16)20-10-4-2-9(3-5-10)14(17)18/h2-5,8H,1,6-7H2,(H,13,15)/t8-/m0/s1. The molecule has 1 fully saturated rings. The van der Waals surface area contributed by atoms with Gasteiger partial charge in [0.05, 0.1) is 11.0 Å². The molecule has 0 radical (unpaired) electrons. The van der Waals surface area contributed by atoms with Gasteiger partial charge in [0.1, 0.15) is 12.4 Å². The molecule has 0 bridgehead atoms. The van der Waals surface area contributed by atoms with Crippen molar-refractivity contribution in [2.45, 2.75) is 18.9 Å². The maximum atomic E-state index is 11.4. The molecule has 1 aliphatic rings. The van der Waals surface area contributed by atoms with Crippen molar-refractivity contribution in [3.63, 3.8) is 0 Å². The summed E-state index contributed by atoms with van der Waals surface area (Å²) in [6.07, 6.45) is 0.120. The molecule has 2 rings (SSSR count). The summed E-state index contributed by atoms with van der Waals surface area (Å²) in [6, 6.07) is 4.86. The van der Waals surface area contributed by atoms with Gasteiger partial charge in [0.25, 0.3) is 5.69 Å². The summed E-state index contributed by atoms with van der Waals surface area (Å²) in [4.78, 5) is 32.2. The van der Waals surface area contributed by atoms with Crippen LogP contribution in [-0.4, -0.2) is 29.6 Å². The van der Waals surface area contributed by atoms with E-state index in [0.29, 0.717) is 12.8 Å². The lowest BCUT2D eigenvalue weighted by Gasteiger charge is -2.10. The fraction of sp³-hybridized carbons (Fsp3) is 0.333. The molecule has 106 valence electrons. The van der Waals surface area contributed by atoms with Crippen LogP contribution in [0.5, 0.6) is 5.75 Å². The minimum Gasteiger partial charge on any atom is -0.432 e. The van der Waals surface area contributed by atoms with Gasteiger partial charge in [-0.25, -0.2) is 4.79 Å². The Bertz CT molecular complexity index is 527. The van der Waals surface area contributed by atoms with Crippen LogP contribution in [-0.2, 0) is 9.53 Å². The van der Waals surface area contributed by atoms with Crippen molar-refractivity contribution in [1.29, 1.82) is 0 Å². The highest BCUT2D eigenvalue weighted by atomic mass is 16.7. The summed E-state index contributed by atoms with van der Waals surface area (Å²) < 4.78 is 9.69. The third kappa shape index (κ3) is 3.67. The predicted molar refractivity (Wildman–Crippen MR) is 66.2 cm³/mol. The van der Waals surface area contributed by atoms with Crippen molar-refractivity contribution in [1.82, 2.24) is 5.32 Å². The minimum absolute atomic E-state index is 0.0392. The van der Waals surface area contributed by atoms with E-state index in [0.717, 1.165) is 0 Å². The number of amides is 1. The van der Waals surface area contributed by atoms with E-state index in [4.69, 9.17) is 9.47 Å². The third-order valence-electron chi connectivity index (χ3n) is 2.74. The van der Waals surface area contributed by atoms with Crippen molar-refractivity contribution in [2.75, 3.05) is 6.61 Å². The monoisotopic (exact) mass is 280 g/mol. The molecule has 8 heteroatoms.